The Hall–Kier alpha value is -4.36. The maximum atomic E-state index is 17.1. The van der Waals surface area contributed by atoms with Crippen LogP contribution in [0.3, 0.4) is 0 Å². The molecule has 16 heteroatoms. The Bertz CT molecular complexity index is 2050. The lowest BCUT2D eigenvalue weighted by molar-refractivity contribution is -0.137. The minimum atomic E-state index is -5.12. The number of likely N-dealkylation sites (N-methyl/N-ethyl adjacent to an activating group) is 2. The molecule has 3 atom stereocenters. The lowest BCUT2D eigenvalue weighted by Crippen LogP contribution is -2.43. The molecule has 258 valence electrons. The van der Waals surface area contributed by atoms with Crippen LogP contribution in [0.5, 0.6) is 6.01 Å². The Morgan fingerprint density at radius 3 is 2.69 bits per heavy atom. The molecular formula is C33H31F6N7O2S. The van der Waals surface area contributed by atoms with Gasteiger partial charge in [0.25, 0.3) is 0 Å². The largest absolute Gasteiger partial charge is 0.461 e. The minimum absolute atomic E-state index is 0.0252. The molecule has 1 amide bonds. The molecule has 0 unspecified atom stereocenters. The number of hydrogen-bond acceptors (Lipinski definition) is 9. The summed E-state index contributed by atoms with van der Waals surface area (Å²) in [7, 11) is 1.61. The molecule has 0 radical (unpaired) electrons. The van der Waals surface area contributed by atoms with Crippen molar-refractivity contribution in [3.63, 3.8) is 0 Å². The number of fused-ring (bicyclic) bond motifs is 3. The van der Waals surface area contributed by atoms with Crippen LogP contribution in [0.2, 0.25) is 0 Å². The number of ether oxygens (including phenoxy) is 1. The van der Waals surface area contributed by atoms with E-state index in [9.17, 15) is 32.0 Å². The predicted molar refractivity (Wildman–Crippen MR) is 172 cm³/mol. The van der Waals surface area contributed by atoms with Gasteiger partial charge in [0.1, 0.15) is 41.0 Å². The summed E-state index contributed by atoms with van der Waals surface area (Å²) in [5, 5.41) is 9.16. The Morgan fingerprint density at radius 2 is 2.02 bits per heavy atom. The van der Waals surface area contributed by atoms with Gasteiger partial charge in [-0.2, -0.15) is 28.4 Å². The molecule has 4 aromatic rings. The minimum Gasteiger partial charge on any atom is -0.461 e. The standard InChI is InChI=1S/C33H31F6N7O2S/c1-3-46(17-9-23(47)44(2)14-17)30-19-10-21(33(37,38)39)25(18-5-6-22(35)28-24(18)20(12-40)29(41)49-28)26(36)27(19)42-31(43-30)48-15-32-7-4-8-45(32)13-16(34)11-32/h5-6,10,16-17H,3-4,7-9,11,13-15,41H2,1-2H3/t16-,17+,32+/m1/s1. The van der Waals surface area contributed by atoms with E-state index in [2.05, 4.69) is 9.97 Å². The number of alkyl halides is 4. The Labute approximate surface area is 280 Å². The van der Waals surface area contributed by atoms with E-state index in [4.69, 9.17) is 10.5 Å². The molecule has 49 heavy (non-hydrogen) atoms. The quantitative estimate of drug-likeness (QED) is 0.224. The zero-order valence-electron chi connectivity index (χ0n) is 26.5. The number of anilines is 2. The topological polar surface area (TPSA) is 112 Å². The number of carbonyl (C=O) groups is 1. The molecule has 7 rings (SSSR count). The second kappa shape index (κ2) is 11.9. The van der Waals surface area contributed by atoms with Gasteiger partial charge in [0.05, 0.1) is 27.4 Å². The first-order valence-electron chi connectivity index (χ1n) is 15.8. The van der Waals surface area contributed by atoms with Gasteiger partial charge in [0.2, 0.25) is 5.91 Å². The zero-order chi connectivity index (χ0) is 35.0. The lowest BCUT2D eigenvalue weighted by Gasteiger charge is -2.32. The molecule has 3 fully saturated rings. The normalized spacial score (nSPS) is 22.8. The van der Waals surface area contributed by atoms with Crippen molar-refractivity contribution in [2.75, 3.05) is 50.5 Å². The van der Waals surface area contributed by atoms with Crippen LogP contribution in [0.1, 0.15) is 43.7 Å². The molecule has 2 aromatic heterocycles. The molecule has 2 aromatic carbocycles. The zero-order valence-corrected chi connectivity index (χ0v) is 27.3. The van der Waals surface area contributed by atoms with Crippen molar-refractivity contribution >= 4 is 49.1 Å². The molecule has 0 saturated carbocycles. The van der Waals surface area contributed by atoms with Crippen molar-refractivity contribution in [3.8, 4) is 23.2 Å². The van der Waals surface area contributed by atoms with Crippen LogP contribution in [-0.4, -0.2) is 83.3 Å². The van der Waals surface area contributed by atoms with E-state index in [-0.39, 0.29) is 88.4 Å². The SMILES string of the molecule is CCN(c1nc(OC[C@@]23CCCN2C[C@H](F)C3)nc2c(F)c(-c3ccc(F)c4sc(N)c(C#N)c34)c(C(F)(F)F)cc12)[C@H]1CC(=O)N(C)C1. The van der Waals surface area contributed by atoms with E-state index in [0.717, 1.165) is 24.6 Å². The summed E-state index contributed by atoms with van der Waals surface area (Å²) in [5.74, 6) is -2.46. The summed E-state index contributed by atoms with van der Waals surface area (Å²) in [4.78, 5) is 26.5. The maximum Gasteiger partial charge on any atom is 0.417 e. The van der Waals surface area contributed by atoms with E-state index < -0.39 is 52.2 Å². The molecule has 0 spiro atoms. The van der Waals surface area contributed by atoms with Gasteiger partial charge in [0.15, 0.2) is 5.82 Å². The number of hydrogen-bond donors (Lipinski definition) is 1. The molecule has 0 bridgehead atoms. The number of amides is 1. The number of halogens is 6. The second-order valence-electron chi connectivity index (χ2n) is 12.9. The number of aromatic nitrogens is 2. The number of nitrogens with zero attached hydrogens (tertiary/aromatic N) is 6. The fourth-order valence-corrected chi connectivity index (χ4v) is 8.70. The van der Waals surface area contributed by atoms with E-state index >= 15 is 4.39 Å². The molecule has 2 N–H and O–H groups in total. The van der Waals surface area contributed by atoms with Crippen molar-refractivity contribution < 1.29 is 35.9 Å². The molecule has 0 aliphatic carbocycles. The van der Waals surface area contributed by atoms with Gasteiger partial charge in [-0.15, -0.1) is 11.3 Å². The second-order valence-corrected chi connectivity index (χ2v) is 13.9. The van der Waals surface area contributed by atoms with Crippen molar-refractivity contribution in [1.82, 2.24) is 19.8 Å². The smallest absolute Gasteiger partial charge is 0.417 e. The molecule has 3 aliphatic heterocycles. The Morgan fingerprint density at radius 1 is 1.24 bits per heavy atom. The van der Waals surface area contributed by atoms with Crippen molar-refractivity contribution in [2.45, 2.75) is 56.5 Å². The molecule has 9 nitrogen and oxygen atoms in total. The highest BCUT2D eigenvalue weighted by molar-refractivity contribution is 7.23. The number of nitrogens with two attached hydrogens (primary N) is 1. The van der Waals surface area contributed by atoms with E-state index in [0.29, 0.717) is 24.3 Å². The number of rotatable bonds is 7. The van der Waals surface area contributed by atoms with Crippen LogP contribution >= 0.6 is 11.3 Å². The summed E-state index contributed by atoms with van der Waals surface area (Å²) >= 11 is 0.676. The maximum absolute atomic E-state index is 17.1. The summed E-state index contributed by atoms with van der Waals surface area (Å²) < 4.78 is 97.2. The third-order valence-corrected chi connectivity index (χ3v) is 11.0. The average Bonchev–Trinajstić information content (AvgIpc) is 3.77. The van der Waals surface area contributed by atoms with E-state index in [1.165, 1.54) is 4.90 Å². The monoisotopic (exact) mass is 703 g/mol. The van der Waals surface area contributed by atoms with Crippen LogP contribution in [0, 0.1) is 23.0 Å². The molecular weight excluding hydrogens is 672 g/mol. The van der Waals surface area contributed by atoms with E-state index in [1.807, 2.05) is 11.0 Å². The third-order valence-electron chi connectivity index (χ3n) is 10.0. The van der Waals surface area contributed by atoms with Crippen LogP contribution in [0.25, 0.3) is 32.1 Å². The first kappa shape index (κ1) is 33.2. The van der Waals surface area contributed by atoms with Gasteiger partial charge in [-0.3, -0.25) is 9.69 Å². The van der Waals surface area contributed by atoms with E-state index in [1.54, 1.807) is 18.9 Å². The lowest BCUT2D eigenvalue weighted by atomic mass is 9.92. The number of nitriles is 1. The Kier molecular flexibility index (Phi) is 8.05. The summed E-state index contributed by atoms with van der Waals surface area (Å²) in [6.07, 6.45) is -4.41. The fraction of sp³-hybridized carbons (Fsp3) is 0.455. The van der Waals surface area contributed by atoms with Gasteiger partial charge in [-0.25, -0.2) is 13.2 Å². The highest BCUT2D eigenvalue weighted by Gasteiger charge is 2.49. The number of thiophene rings is 1. The van der Waals surface area contributed by atoms with Crippen molar-refractivity contribution in [3.05, 3.63) is 41.0 Å². The molecule has 3 aliphatic rings. The van der Waals surface area contributed by atoms with Crippen LogP contribution < -0.4 is 15.4 Å². The first-order chi connectivity index (χ1) is 23.3. The van der Waals surface area contributed by atoms with Crippen molar-refractivity contribution in [1.29, 1.82) is 5.26 Å². The highest BCUT2D eigenvalue weighted by Crippen LogP contribution is 2.48. The summed E-state index contributed by atoms with van der Waals surface area (Å²) in [6, 6.07) is 3.62. The van der Waals surface area contributed by atoms with Gasteiger partial charge >= 0.3 is 12.2 Å². The van der Waals surface area contributed by atoms with Crippen LogP contribution in [0.4, 0.5) is 37.2 Å². The van der Waals surface area contributed by atoms with Gasteiger partial charge in [0, 0.05) is 55.9 Å². The predicted octanol–water partition coefficient (Wildman–Crippen LogP) is 6.27. The summed E-state index contributed by atoms with van der Waals surface area (Å²) in [5.41, 5.74) is 1.82. The van der Waals surface area contributed by atoms with Crippen molar-refractivity contribution in [2.24, 2.45) is 0 Å². The van der Waals surface area contributed by atoms with Gasteiger partial charge < -0.3 is 20.3 Å². The molecule has 5 heterocycles. The number of carbonyl (C=O) groups excluding carboxylic acids is 1. The number of nitrogen functional groups attached to an aromatic ring is 1. The average molecular weight is 704 g/mol. The fourth-order valence-electron chi connectivity index (χ4n) is 7.75. The number of likely N-dealkylation sites (tertiary alicyclic amines) is 1. The summed E-state index contributed by atoms with van der Waals surface area (Å²) in [6.45, 7) is 3.09. The third kappa shape index (κ3) is 5.38. The van der Waals surface area contributed by atoms with Gasteiger partial charge in [-0.05, 0) is 44.0 Å². The molecule has 3 saturated heterocycles. The van der Waals surface area contributed by atoms with Crippen LogP contribution in [-0.2, 0) is 11.0 Å². The Balaban J connectivity index is 1.47. The van der Waals surface area contributed by atoms with Gasteiger partial charge in [-0.1, -0.05) is 6.07 Å². The highest BCUT2D eigenvalue weighted by atomic mass is 32.1. The van der Waals surface area contributed by atoms with Crippen LogP contribution in [0.15, 0.2) is 18.2 Å². The first-order valence-corrected chi connectivity index (χ1v) is 16.6. The number of benzene rings is 2.